The van der Waals surface area contributed by atoms with Gasteiger partial charge in [0.05, 0.1) is 12.2 Å². The molecule has 0 rings (SSSR count). The second-order valence-electron chi connectivity index (χ2n) is 5.96. The van der Waals surface area contributed by atoms with Crippen LogP contribution in [-0.2, 0) is 18.1 Å². The number of nitrogens with two attached hydrogens (primary N) is 2. The van der Waals surface area contributed by atoms with Crippen LogP contribution in [0.25, 0.3) is 0 Å². The zero-order valence-electron chi connectivity index (χ0n) is 15.4. The summed E-state index contributed by atoms with van der Waals surface area (Å²) in [5.41, 5.74) is 11.5. The van der Waals surface area contributed by atoms with Crippen molar-refractivity contribution in [1.82, 2.24) is 4.86 Å². The highest BCUT2D eigenvalue weighted by molar-refractivity contribution is 7.75. The fourth-order valence-electron chi connectivity index (χ4n) is 1.40. The third kappa shape index (κ3) is 11.8. The maximum absolute atomic E-state index is 5.98. The van der Waals surface area contributed by atoms with E-state index in [1.807, 2.05) is 55.4 Å². The van der Waals surface area contributed by atoms with Crippen LogP contribution < -0.4 is 15.9 Å². The summed E-state index contributed by atoms with van der Waals surface area (Å²) in [6.45, 7) is 15.3. The molecule has 0 aliphatic carbocycles. The minimum Gasteiger partial charge on any atom is -0.317 e. The van der Waals surface area contributed by atoms with E-state index in [0.717, 1.165) is 0 Å². The lowest BCUT2D eigenvalue weighted by Gasteiger charge is -2.25. The van der Waals surface area contributed by atoms with E-state index in [1.54, 1.807) is 0 Å². The van der Waals surface area contributed by atoms with Gasteiger partial charge in [-0.05, 0) is 60.2 Å². The summed E-state index contributed by atoms with van der Waals surface area (Å²) >= 11 is 0. The van der Waals surface area contributed by atoms with Crippen molar-refractivity contribution in [2.24, 2.45) is 15.5 Å². The van der Waals surface area contributed by atoms with Crippen molar-refractivity contribution < 1.29 is 18.1 Å². The summed E-state index contributed by atoms with van der Waals surface area (Å²) in [6.07, 6.45) is -0.291. The van der Waals surface area contributed by atoms with Crippen molar-refractivity contribution >= 4 is 24.6 Å². The number of nitrogens with one attached hydrogen (secondary N) is 1. The van der Waals surface area contributed by atoms with Gasteiger partial charge in [-0.1, -0.05) is 0 Å². The van der Waals surface area contributed by atoms with Crippen molar-refractivity contribution in [2.75, 3.05) is 0 Å². The van der Waals surface area contributed by atoms with Crippen molar-refractivity contribution in [2.45, 2.75) is 79.8 Å². The molecule has 0 bridgehead atoms. The lowest BCUT2D eigenvalue weighted by Crippen LogP contribution is -2.23. The van der Waals surface area contributed by atoms with E-state index in [-0.39, 0.29) is 24.4 Å². The average Bonchev–Trinajstić information content (AvgIpc) is 2.21. The number of nitrogens with zero attached hydrogens (tertiary/aromatic N) is 1. The fourth-order valence-corrected chi connectivity index (χ4v) is 6.93. The first kappa shape index (κ1) is 23.7. The molecule has 11 heteroatoms. The second-order valence-corrected chi connectivity index (χ2v) is 10.6. The second kappa shape index (κ2) is 11.3. The highest BCUT2D eigenvalue weighted by Gasteiger charge is 2.55. The molecule has 0 aromatic carbocycles. The first-order chi connectivity index (χ1) is 10.5. The molecule has 0 spiro atoms. The molecule has 0 aromatic rings. The molecule has 0 aliphatic rings. The summed E-state index contributed by atoms with van der Waals surface area (Å²) < 4.78 is 28.0. The molecule has 0 atom stereocenters. The van der Waals surface area contributed by atoms with Gasteiger partial charge in [0.25, 0.3) is 8.53 Å². The summed E-state index contributed by atoms with van der Waals surface area (Å²) in [5.74, 6) is 0. The highest BCUT2D eigenvalue weighted by atomic mass is 31.3. The Kier molecular flexibility index (Phi) is 11.7. The Morgan fingerprint density at radius 1 is 0.826 bits per heavy atom. The molecule has 8 nitrogen and oxygen atoms in total. The van der Waals surface area contributed by atoms with Crippen LogP contribution in [0.3, 0.4) is 0 Å². The zero-order chi connectivity index (χ0) is 18.2. The van der Waals surface area contributed by atoms with E-state index in [1.165, 1.54) is 0 Å². The van der Waals surface area contributed by atoms with Gasteiger partial charge in [-0.3, -0.25) is 0 Å². The Morgan fingerprint density at radius 2 is 1.22 bits per heavy atom. The van der Waals surface area contributed by atoms with Crippen LogP contribution in [0.4, 0.5) is 0 Å². The molecule has 23 heavy (non-hydrogen) atoms. The van der Waals surface area contributed by atoms with Gasteiger partial charge in [0.2, 0.25) is 0 Å². The predicted octanol–water partition coefficient (Wildman–Crippen LogP) is 4.59. The molecule has 5 N–H and O–H groups in total. The van der Waals surface area contributed by atoms with Crippen LogP contribution in [0, 0.1) is 0 Å². The molecule has 0 radical (unpaired) electrons. The lowest BCUT2D eigenvalue weighted by molar-refractivity contribution is 0.149. The number of hydrogen-bond donors (Lipinski definition) is 3. The van der Waals surface area contributed by atoms with E-state index >= 15 is 0 Å². The van der Waals surface area contributed by atoms with Crippen LogP contribution in [0.15, 0.2) is 4.52 Å². The Hall–Kier alpha value is 0.680. The van der Waals surface area contributed by atoms with Gasteiger partial charge in [-0.15, -0.1) is 11.0 Å². The Morgan fingerprint density at radius 3 is 1.48 bits per heavy atom. The maximum atomic E-state index is 5.98. The number of hydrogen-bond acceptors (Lipinski definition) is 6. The van der Waals surface area contributed by atoms with Gasteiger partial charge in [-0.2, -0.15) is 9.05 Å². The van der Waals surface area contributed by atoms with Crippen LogP contribution in [0.2, 0.25) is 0 Å². The van der Waals surface area contributed by atoms with Crippen LogP contribution in [0.5, 0.6) is 0 Å². The molecular formula is C12H33N4O4P3+2. The third-order valence-electron chi connectivity index (χ3n) is 1.75. The first-order valence-electron chi connectivity index (χ1n) is 7.66. The van der Waals surface area contributed by atoms with Crippen LogP contribution in [-0.4, -0.2) is 24.4 Å². The van der Waals surface area contributed by atoms with Crippen molar-refractivity contribution in [3.8, 4) is 0 Å². The summed E-state index contributed by atoms with van der Waals surface area (Å²) in [5, 5.41) is 0. The monoisotopic (exact) mass is 390 g/mol. The van der Waals surface area contributed by atoms with Crippen molar-refractivity contribution in [3.63, 3.8) is 0 Å². The highest BCUT2D eigenvalue weighted by Crippen LogP contribution is 2.67. The number of rotatable bonds is 11. The Bertz CT molecular complexity index is 346. The SMILES string of the molecule is CC(C)OP(N[P+](N=[P+](N)N)(OC(C)C)OC(C)C)OC(C)C. The average molecular weight is 390 g/mol. The molecule has 0 heterocycles. The first-order valence-corrected chi connectivity index (χ1v) is 11.8. The normalized spacial score (nSPS) is 13.0. The molecule has 0 aromatic heterocycles. The summed E-state index contributed by atoms with van der Waals surface area (Å²) in [6, 6.07) is 0. The van der Waals surface area contributed by atoms with Gasteiger partial charge in [0.1, 0.15) is 12.2 Å². The van der Waals surface area contributed by atoms with Gasteiger partial charge in [0, 0.05) is 0 Å². The quantitative estimate of drug-likeness (QED) is 0.442. The smallest absolute Gasteiger partial charge is 0.317 e. The van der Waals surface area contributed by atoms with Gasteiger partial charge in [-0.25, -0.2) is 0 Å². The molecule has 0 unspecified atom stereocenters. The maximum Gasteiger partial charge on any atom is 0.537 e. The van der Waals surface area contributed by atoms with Crippen LogP contribution in [0.1, 0.15) is 55.4 Å². The van der Waals surface area contributed by atoms with Gasteiger partial charge in [0.15, 0.2) is 4.52 Å². The zero-order valence-corrected chi connectivity index (χ0v) is 18.1. The fraction of sp³-hybridized carbons (Fsp3) is 1.00. The molecular weight excluding hydrogens is 357 g/mol. The van der Waals surface area contributed by atoms with Gasteiger partial charge < -0.3 is 9.05 Å². The minimum atomic E-state index is -2.90. The van der Waals surface area contributed by atoms with E-state index in [2.05, 4.69) is 9.37 Å². The molecule has 0 saturated carbocycles. The van der Waals surface area contributed by atoms with E-state index in [4.69, 9.17) is 29.1 Å². The Labute approximate surface area is 143 Å². The van der Waals surface area contributed by atoms with Crippen LogP contribution >= 0.6 is 24.6 Å². The molecule has 138 valence electrons. The summed E-state index contributed by atoms with van der Waals surface area (Å²) in [7, 11) is -5.92. The molecule has 0 fully saturated rings. The van der Waals surface area contributed by atoms with E-state index in [9.17, 15) is 0 Å². The summed E-state index contributed by atoms with van der Waals surface area (Å²) in [4.78, 5) is 3.20. The molecule has 0 amide bonds. The van der Waals surface area contributed by atoms with Crippen molar-refractivity contribution in [3.05, 3.63) is 0 Å². The van der Waals surface area contributed by atoms with Gasteiger partial charge >= 0.3 is 16.0 Å². The largest absolute Gasteiger partial charge is 0.537 e. The predicted molar refractivity (Wildman–Crippen MR) is 99.6 cm³/mol. The third-order valence-corrected chi connectivity index (χ3v) is 7.82. The lowest BCUT2D eigenvalue weighted by atomic mass is 10.5. The van der Waals surface area contributed by atoms with E-state index < -0.39 is 24.6 Å². The minimum absolute atomic E-state index is 0.0235. The van der Waals surface area contributed by atoms with Crippen molar-refractivity contribution in [1.29, 1.82) is 0 Å². The Balaban J connectivity index is 5.52. The van der Waals surface area contributed by atoms with E-state index in [0.29, 0.717) is 0 Å². The standard InChI is InChI=1S/C12H33N4O4P3/c1-9(2)17-22(18-10(3)4)16-23(15-21(13)14,19-11(5)6)20-12(7)8/h9-12,16H,1-8H3,(H4,13,14,15)/q+2. The molecule has 0 aliphatic heterocycles. The topological polar surface area (TPSA) is 113 Å². The molecule has 0 saturated heterocycles.